The summed E-state index contributed by atoms with van der Waals surface area (Å²) in [7, 11) is 0. The number of nitrogens with zero attached hydrogens (tertiary/aromatic N) is 1. The van der Waals surface area contributed by atoms with Gasteiger partial charge in [-0.25, -0.2) is 4.98 Å². The van der Waals surface area contributed by atoms with Crippen LogP contribution in [-0.2, 0) is 0 Å². The zero-order valence-corrected chi connectivity index (χ0v) is 12.1. The van der Waals surface area contributed by atoms with Gasteiger partial charge >= 0.3 is 0 Å². The molecule has 2 aromatic rings. The Hall–Kier alpha value is -1.98. The number of carbonyl (C=O) groups is 1. The number of hydrogen-bond acceptors (Lipinski definition) is 4. The van der Waals surface area contributed by atoms with Crippen molar-refractivity contribution in [3.05, 3.63) is 45.6 Å². The summed E-state index contributed by atoms with van der Waals surface area (Å²) in [5, 5.41) is 3.97. The second-order valence-electron chi connectivity index (χ2n) is 4.20. The first-order valence-electron chi connectivity index (χ1n) is 5.67. The Morgan fingerprint density at radius 2 is 1.95 bits per heavy atom. The zero-order chi connectivity index (χ0) is 14.9. The van der Waals surface area contributed by atoms with Crippen LogP contribution in [0, 0.1) is 6.92 Å². The quantitative estimate of drug-likeness (QED) is 0.811. The number of pyridine rings is 1. The van der Waals surface area contributed by atoms with Gasteiger partial charge in [-0.1, -0.05) is 23.2 Å². The van der Waals surface area contributed by atoms with Crippen molar-refractivity contribution in [1.29, 1.82) is 0 Å². The molecule has 5 nitrogen and oxygen atoms in total. The van der Waals surface area contributed by atoms with E-state index in [1.54, 1.807) is 18.2 Å². The Bertz CT molecular complexity index is 688. The normalized spacial score (nSPS) is 10.3. The van der Waals surface area contributed by atoms with Gasteiger partial charge in [0.05, 0.1) is 16.4 Å². The summed E-state index contributed by atoms with van der Waals surface area (Å²) in [5.74, 6) is -0.343. The first-order valence-corrected chi connectivity index (χ1v) is 6.43. The first kappa shape index (κ1) is 14.4. The molecule has 1 amide bonds. The van der Waals surface area contributed by atoms with Crippen LogP contribution in [0.3, 0.4) is 0 Å². The highest BCUT2D eigenvalue weighted by molar-refractivity contribution is 6.35. The number of aromatic nitrogens is 1. The van der Waals surface area contributed by atoms with Crippen LogP contribution in [0.5, 0.6) is 0 Å². The molecule has 7 heteroatoms. The highest BCUT2D eigenvalue weighted by Gasteiger charge is 2.10. The van der Waals surface area contributed by atoms with Gasteiger partial charge in [-0.05, 0) is 36.8 Å². The number of nitrogens with two attached hydrogens (primary N) is 2. The van der Waals surface area contributed by atoms with Gasteiger partial charge in [0.25, 0.3) is 5.91 Å². The van der Waals surface area contributed by atoms with E-state index in [-0.39, 0.29) is 5.69 Å². The van der Waals surface area contributed by atoms with E-state index in [1.807, 2.05) is 6.92 Å². The fraction of sp³-hybridized carbons (Fsp3) is 0.0769. The van der Waals surface area contributed by atoms with Crippen LogP contribution in [0.2, 0.25) is 10.0 Å². The number of carbonyl (C=O) groups excluding carboxylic acids is 1. The molecule has 2 rings (SSSR count). The highest BCUT2D eigenvalue weighted by Crippen LogP contribution is 2.32. The van der Waals surface area contributed by atoms with Crippen molar-refractivity contribution < 1.29 is 4.79 Å². The molecule has 5 N–H and O–H groups in total. The number of rotatable bonds is 3. The van der Waals surface area contributed by atoms with Gasteiger partial charge in [0, 0.05) is 5.02 Å². The van der Waals surface area contributed by atoms with E-state index >= 15 is 0 Å². The van der Waals surface area contributed by atoms with Gasteiger partial charge in [-0.15, -0.1) is 0 Å². The molecule has 0 spiro atoms. The molecule has 0 fully saturated rings. The highest BCUT2D eigenvalue weighted by atomic mass is 35.5. The third-order valence-corrected chi connectivity index (χ3v) is 3.40. The minimum atomic E-state index is -0.638. The number of nitrogens with one attached hydrogen (secondary N) is 1. The Labute approximate surface area is 125 Å². The lowest BCUT2D eigenvalue weighted by atomic mass is 10.2. The number of aryl methyl sites for hydroxylation is 1. The molecule has 0 saturated heterocycles. The molecule has 20 heavy (non-hydrogen) atoms. The molecule has 0 unspecified atom stereocenters. The maximum atomic E-state index is 11.1. The zero-order valence-electron chi connectivity index (χ0n) is 10.6. The number of anilines is 3. The lowest BCUT2D eigenvalue weighted by molar-refractivity contribution is 0.0996. The predicted molar refractivity (Wildman–Crippen MR) is 81.6 cm³/mol. The number of nitrogen functional groups attached to an aromatic ring is 1. The molecule has 0 atom stereocenters. The van der Waals surface area contributed by atoms with E-state index < -0.39 is 5.91 Å². The van der Waals surface area contributed by atoms with Gasteiger partial charge in [-0.2, -0.15) is 0 Å². The van der Waals surface area contributed by atoms with Crippen molar-refractivity contribution in [1.82, 2.24) is 4.98 Å². The summed E-state index contributed by atoms with van der Waals surface area (Å²) in [6.45, 7) is 1.85. The molecular formula is C13H12Cl2N4O. The van der Waals surface area contributed by atoms with Crippen LogP contribution in [0.25, 0.3) is 0 Å². The molecule has 1 aromatic heterocycles. The van der Waals surface area contributed by atoms with Gasteiger partial charge in [-0.3, -0.25) is 4.79 Å². The van der Waals surface area contributed by atoms with Crippen LogP contribution in [0.4, 0.5) is 17.2 Å². The van der Waals surface area contributed by atoms with Crippen LogP contribution in [0.15, 0.2) is 24.3 Å². The number of halogens is 2. The molecule has 0 aliphatic heterocycles. The molecule has 0 aliphatic carbocycles. The van der Waals surface area contributed by atoms with Crippen molar-refractivity contribution in [2.45, 2.75) is 6.92 Å². The Balaban J connectivity index is 2.42. The van der Waals surface area contributed by atoms with Gasteiger partial charge in [0.2, 0.25) is 0 Å². The summed E-state index contributed by atoms with van der Waals surface area (Å²) in [5.41, 5.74) is 12.9. The predicted octanol–water partition coefficient (Wildman–Crippen LogP) is 3.12. The third kappa shape index (κ3) is 2.95. The number of hydrogen-bond donors (Lipinski definition) is 3. The lowest BCUT2D eigenvalue weighted by Crippen LogP contribution is -2.14. The largest absolute Gasteiger partial charge is 0.396 e. The van der Waals surface area contributed by atoms with Crippen molar-refractivity contribution in [3.8, 4) is 0 Å². The van der Waals surface area contributed by atoms with E-state index in [2.05, 4.69) is 10.3 Å². The number of primary amides is 1. The Morgan fingerprint density at radius 1 is 1.25 bits per heavy atom. The van der Waals surface area contributed by atoms with Crippen LogP contribution in [0.1, 0.15) is 16.1 Å². The standard InChI is InChI=1S/C13H12Cl2N4O/c1-6-4-8(15)11(5-7(6)14)19-13-9(16)2-3-10(18-13)12(17)20/h2-5H,16H2,1H3,(H2,17,20)(H,18,19). The van der Waals surface area contributed by atoms with E-state index in [1.165, 1.54) is 6.07 Å². The number of benzene rings is 1. The summed E-state index contributed by atoms with van der Waals surface area (Å²) < 4.78 is 0. The minimum absolute atomic E-state index is 0.107. The Kier molecular flexibility index (Phi) is 4.01. The van der Waals surface area contributed by atoms with Crippen molar-refractivity contribution >= 4 is 46.3 Å². The van der Waals surface area contributed by atoms with Crippen LogP contribution < -0.4 is 16.8 Å². The number of amides is 1. The van der Waals surface area contributed by atoms with E-state index in [0.717, 1.165) is 5.56 Å². The second-order valence-corrected chi connectivity index (χ2v) is 5.02. The van der Waals surface area contributed by atoms with Crippen molar-refractivity contribution in [2.24, 2.45) is 5.73 Å². The summed E-state index contributed by atoms with van der Waals surface area (Å²) in [4.78, 5) is 15.2. The van der Waals surface area contributed by atoms with Gasteiger partial charge in [0.1, 0.15) is 5.69 Å². The van der Waals surface area contributed by atoms with E-state index in [4.69, 9.17) is 34.7 Å². The van der Waals surface area contributed by atoms with Crippen molar-refractivity contribution in [2.75, 3.05) is 11.1 Å². The lowest BCUT2D eigenvalue weighted by Gasteiger charge is -2.12. The molecular weight excluding hydrogens is 299 g/mol. The van der Waals surface area contributed by atoms with Gasteiger partial charge in [0.15, 0.2) is 5.82 Å². The third-order valence-electron chi connectivity index (χ3n) is 2.68. The molecule has 1 aromatic carbocycles. The first-order chi connectivity index (χ1) is 9.38. The SMILES string of the molecule is Cc1cc(Cl)c(Nc2nc(C(N)=O)ccc2N)cc1Cl. The average Bonchev–Trinajstić information content (AvgIpc) is 2.38. The topological polar surface area (TPSA) is 94.0 Å². The smallest absolute Gasteiger partial charge is 0.267 e. The molecule has 0 saturated carbocycles. The van der Waals surface area contributed by atoms with Crippen molar-refractivity contribution in [3.63, 3.8) is 0 Å². The maximum absolute atomic E-state index is 11.1. The molecule has 0 radical (unpaired) electrons. The maximum Gasteiger partial charge on any atom is 0.267 e. The molecule has 104 valence electrons. The molecule has 1 heterocycles. The van der Waals surface area contributed by atoms with Gasteiger partial charge < -0.3 is 16.8 Å². The minimum Gasteiger partial charge on any atom is -0.396 e. The second kappa shape index (κ2) is 5.56. The summed E-state index contributed by atoms with van der Waals surface area (Å²) in [6, 6.07) is 6.38. The van der Waals surface area contributed by atoms with E-state index in [9.17, 15) is 4.79 Å². The monoisotopic (exact) mass is 310 g/mol. The van der Waals surface area contributed by atoms with E-state index in [0.29, 0.717) is 27.2 Å². The fourth-order valence-corrected chi connectivity index (χ4v) is 2.01. The summed E-state index contributed by atoms with van der Waals surface area (Å²) >= 11 is 12.2. The molecule has 0 bridgehead atoms. The Morgan fingerprint density at radius 3 is 2.60 bits per heavy atom. The van der Waals surface area contributed by atoms with Crippen LogP contribution >= 0.6 is 23.2 Å². The summed E-state index contributed by atoms with van der Waals surface area (Å²) in [6.07, 6.45) is 0. The van der Waals surface area contributed by atoms with Crippen LogP contribution in [-0.4, -0.2) is 10.9 Å². The average molecular weight is 311 g/mol. The fourth-order valence-electron chi connectivity index (χ4n) is 1.58. The molecule has 0 aliphatic rings.